The highest BCUT2D eigenvalue weighted by Crippen LogP contribution is 2.36. The Kier molecular flexibility index (Phi) is 4.73. The van der Waals surface area contributed by atoms with Gasteiger partial charge in [-0.1, -0.05) is 35.8 Å². The Morgan fingerprint density at radius 1 is 1.31 bits per heavy atom. The van der Waals surface area contributed by atoms with Gasteiger partial charge < -0.3 is 0 Å². The molecule has 0 aromatic heterocycles. The third-order valence-corrected chi connectivity index (χ3v) is 3.78. The molecule has 1 aromatic rings. The van der Waals surface area contributed by atoms with E-state index in [0.717, 1.165) is 0 Å². The normalized spacial score (nSPS) is 12.2. The van der Waals surface area contributed by atoms with Crippen molar-refractivity contribution >= 4 is 27.7 Å². The van der Waals surface area contributed by atoms with Crippen LogP contribution in [0.4, 0.5) is 13.2 Å². The molecule has 0 saturated carbocycles. The highest BCUT2D eigenvalue weighted by atomic mass is 79.9. The second-order valence-electron chi connectivity index (χ2n) is 3.67. The van der Waals surface area contributed by atoms with Crippen LogP contribution in [0.2, 0.25) is 0 Å². The first-order chi connectivity index (χ1) is 7.30. The van der Waals surface area contributed by atoms with Crippen LogP contribution in [-0.4, -0.2) is 5.25 Å². The van der Waals surface area contributed by atoms with Crippen LogP contribution in [0.1, 0.15) is 25.0 Å². The maximum Gasteiger partial charge on any atom is 0.417 e. The third-order valence-electron chi connectivity index (χ3n) is 1.92. The minimum Gasteiger partial charge on any atom is -0.166 e. The van der Waals surface area contributed by atoms with E-state index in [4.69, 9.17) is 0 Å². The SMILES string of the molecule is CC(C)SCc1ccc(Br)c(C(F)(F)F)c1. The van der Waals surface area contributed by atoms with Gasteiger partial charge in [-0.05, 0) is 22.9 Å². The van der Waals surface area contributed by atoms with Crippen LogP contribution < -0.4 is 0 Å². The fourth-order valence-corrected chi connectivity index (χ4v) is 2.32. The third kappa shape index (κ3) is 4.01. The molecule has 0 aliphatic carbocycles. The lowest BCUT2D eigenvalue weighted by atomic mass is 10.1. The summed E-state index contributed by atoms with van der Waals surface area (Å²) in [5.74, 6) is 0.605. The summed E-state index contributed by atoms with van der Waals surface area (Å²) >= 11 is 4.55. The number of rotatable bonds is 3. The quantitative estimate of drug-likeness (QED) is 0.747. The first kappa shape index (κ1) is 13.9. The second-order valence-corrected chi connectivity index (χ2v) is 6.09. The lowest BCUT2D eigenvalue weighted by Gasteiger charge is -2.11. The summed E-state index contributed by atoms with van der Waals surface area (Å²) < 4.78 is 37.9. The molecule has 90 valence electrons. The van der Waals surface area contributed by atoms with Crippen molar-refractivity contribution < 1.29 is 13.2 Å². The average molecular weight is 313 g/mol. The smallest absolute Gasteiger partial charge is 0.166 e. The summed E-state index contributed by atoms with van der Waals surface area (Å²) in [6, 6.07) is 4.38. The molecule has 0 atom stereocenters. The fraction of sp³-hybridized carbons (Fsp3) is 0.455. The Bertz CT molecular complexity index is 361. The van der Waals surface area contributed by atoms with Crippen LogP contribution >= 0.6 is 27.7 Å². The van der Waals surface area contributed by atoms with E-state index >= 15 is 0 Å². The van der Waals surface area contributed by atoms with E-state index in [1.165, 1.54) is 12.1 Å². The molecule has 0 N–H and O–H groups in total. The Hall–Kier alpha value is -0.160. The number of hydrogen-bond donors (Lipinski definition) is 0. The maximum atomic E-state index is 12.6. The molecule has 0 heterocycles. The zero-order valence-corrected chi connectivity index (χ0v) is 11.3. The zero-order chi connectivity index (χ0) is 12.3. The molecule has 0 fully saturated rings. The van der Waals surface area contributed by atoms with Crippen LogP contribution in [0, 0.1) is 0 Å². The minimum absolute atomic E-state index is 0.0956. The molecule has 5 heteroatoms. The molecule has 0 aliphatic heterocycles. The molecule has 0 nitrogen and oxygen atoms in total. The fourth-order valence-electron chi connectivity index (χ4n) is 1.14. The molecule has 0 aliphatic rings. The van der Waals surface area contributed by atoms with Gasteiger partial charge in [-0.25, -0.2) is 0 Å². The van der Waals surface area contributed by atoms with Crippen molar-refractivity contribution in [1.82, 2.24) is 0 Å². The van der Waals surface area contributed by atoms with Crippen LogP contribution in [0.15, 0.2) is 22.7 Å². The Morgan fingerprint density at radius 2 is 1.94 bits per heavy atom. The van der Waals surface area contributed by atoms with Crippen LogP contribution in [0.5, 0.6) is 0 Å². The first-order valence-corrected chi connectivity index (χ1v) is 6.62. The Labute approximate surface area is 106 Å². The number of alkyl halides is 3. The van der Waals surface area contributed by atoms with Crippen molar-refractivity contribution in [1.29, 1.82) is 0 Å². The van der Waals surface area contributed by atoms with Crippen molar-refractivity contribution in [3.63, 3.8) is 0 Å². The van der Waals surface area contributed by atoms with Gasteiger partial charge in [0, 0.05) is 10.2 Å². The van der Waals surface area contributed by atoms with Gasteiger partial charge in [-0.15, -0.1) is 0 Å². The highest BCUT2D eigenvalue weighted by Gasteiger charge is 2.32. The van der Waals surface area contributed by atoms with E-state index in [2.05, 4.69) is 15.9 Å². The topological polar surface area (TPSA) is 0 Å². The Morgan fingerprint density at radius 3 is 2.44 bits per heavy atom. The second kappa shape index (κ2) is 5.45. The summed E-state index contributed by atoms with van der Waals surface area (Å²) in [5.41, 5.74) is 0.101. The van der Waals surface area contributed by atoms with Gasteiger partial charge in [0.25, 0.3) is 0 Å². The number of benzene rings is 1. The standard InChI is InChI=1S/C11H12BrF3S/c1-7(2)16-6-8-3-4-10(12)9(5-8)11(13,14)15/h3-5,7H,6H2,1-2H3. The molecule has 0 saturated heterocycles. The molecule has 0 amide bonds. The number of halogens is 4. The van der Waals surface area contributed by atoms with Crippen molar-refractivity contribution in [3.8, 4) is 0 Å². The van der Waals surface area contributed by atoms with E-state index in [9.17, 15) is 13.2 Å². The molecule has 0 unspecified atom stereocenters. The zero-order valence-electron chi connectivity index (χ0n) is 8.94. The molecule has 1 rings (SSSR count). The van der Waals surface area contributed by atoms with Gasteiger partial charge in [-0.3, -0.25) is 0 Å². The number of thioether (sulfide) groups is 1. The predicted molar refractivity (Wildman–Crippen MR) is 65.6 cm³/mol. The van der Waals surface area contributed by atoms with Crippen LogP contribution in [0.3, 0.4) is 0 Å². The molecule has 0 spiro atoms. The van der Waals surface area contributed by atoms with Crippen LogP contribution in [-0.2, 0) is 11.9 Å². The summed E-state index contributed by atoms with van der Waals surface area (Å²) in [5, 5.41) is 0.415. The van der Waals surface area contributed by atoms with E-state index in [1.54, 1.807) is 17.8 Å². The lowest BCUT2D eigenvalue weighted by molar-refractivity contribution is -0.138. The van der Waals surface area contributed by atoms with Crippen molar-refractivity contribution in [2.75, 3.05) is 0 Å². The molecular weight excluding hydrogens is 301 g/mol. The van der Waals surface area contributed by atoms with Crippen molar-refractivity contribution in [3.05, 3.63) is 33.8 Å². The first-order valence-electron chi connectivity index (χ1n) is 4.78. The predicted octanol–water partition coefficient (Wildman–Crippen LogP) is 5.11. The molecule has 0 radical (unpaired) electrons. The lowest BCUT2D eigenvalue weighted by Crippen LogP contribution is -2.06. The highest BCUT2D eigenvalue weighted by molar-refractivity contribution is 9.10. The summed E-state index contributed by atoms with van der Waals surface area (Å²) in [7, 11) is 0. The minimum atomic E-state index is -4.29. The summed E-state index contributed by atoms with van der Waals surface area (Å²) in [6.07, 6.45) is -4.29. The van der Waals surface area contributed by atoms with E-state index in [-0.39, 0.29) is 4.47 Å². The summed E-state index contributed by atoms with van der Waals surface area (Å²) in [4.78, 5) is 0. The average Bonchev–Trinajstić information content (AvgIpc) is 2.14. The van der Waals surface area contributed by atoms with Crippen molar-refractivity contribution in [2.24, 2.45) is 0 Å². The van der Waals surface area contributed by atoms with Gasteiger partial charge in [0.1, 0.15) is 0 Å². The van der Waals surface area contributed by atoms with Gasteiger partial charge >= 0.3 is 6.18 Å². The monoisotopic (exact) mass is 312 g/mol. The largest absolute Gasteiger partial charge is 0.417 e. The Balaban J connectivity index is 2.90. The molecular formula is C11H12BrF3S. The molecule has 1 aromatic carbocycles. The van der Waals surface area contributed by atoms with E-state index in [0.29, 0.717) is 16.6 Å². The van der Waals surface area contributed by atoms with E-state index < -0.39 is 11.7 Å². The van der Waals surface area contributed by atoms with Crippen LogP contribution in [0.25, 0.3) is 0 Å². The van der Waals surface area contributed by atoms with Crippen molar-refractivity contribution in [2.45, 2.75) is 31.0 Å². The number of hydrogen-bond acceptors (Lipinski definition) is 1. The molecule has 0 bridgehead atoms. The van der Waals surface area contributed by atoms with Gasteiger partial charge in [0.05, 0.1) is 5.56 Å². The van der Waals surface area contributed by atoms with Gasteiger partial charge in [0.2, 0.25) is 0 Å². The summed E-state index contributed by atoms with van der Waals surface area (Å²) in [6.45, 7) is 4.04. The van der Waals surface area contributed by atoms with E-state index in [1.807, 2.05) is 13.8 Å². The van der Waals surface area contributed by atoms with Gasteiger partial charge in [0.15, 0.2) is 0 Å². The molecule has 16 heavy (non-hydrogen) atoms. The van der Waals surface area contributed by atoms with Gasteiger partial charge in [-0.2, -0.15) is 24.9 Å². The maximum absolute atomic E-state index is 12.6.